The predicted molar refractivity (Wildman–Crippen MR) is 86.5 cm³/mol. The lowest BCUT2D eigenvalue weighted by atomic mass is 9.85. The number of carboxylic acids is 1. The molecule has 124 valence electrons. The molecule has 0 unspecified atom stereocenters. The molecular weight excluding hydrogens is 294 g/mol. The summed E-state index contributed by atoms with van der Waals surface area (Å²) in [6.07, 6.45) is 0. The summed E-state index contributed by atoms with van der Waals surface area (Å²) < 4.78 is 0. The van der Waals surface area contributed by atoms with Gasteiger partial charge in [-0.25, -0.2) is 4.79 Å². The van der Waals surface area contributed by atoms with Crippen LogP contribution in [-0.4, -0.2) is 33.8 Å². The second kappa shape index (κ2) is 5.18. The van der Waals surface area contributed by atoms with Crippen LogP contribution >= 0.6 is 0 Å². The SMILES string of the molecule is CC(C)(C)c1ccc2c(c1)C(=O)N([C@H](C(=O)O)C(C)(C)C)C2=O. The highest BCUT2D eigenvalue weighted by Crippen LogP contribution is 2.34. The van der Waals surface area contributed by atoms with Crippen LogP contribution in [0.3, 0.4) is 0 Å². The second-order valence-corrected chi connectivity index (χ2v) is 8.10. The number of amides is 2. The summed E-state index contributed by atoms with van der Waals surface area (Å²) >= 11 is 0. The van der Waals surface area contributed by atoms with Crippen LogP contribution < -0.4 is 0 Å². The molecule has 0 saturated heterocycles. The second-order valence-electron chi connectivity index (χ2n) is 8.10. The van der Waals surface area contributed by atoms with Crippen LogP contribution in [0.1, 0.15) is 67.8 Å². The van der Waals surface area contributed by atoms with E-state index in [2.05, 4.69) is 0 Å². The number of fused-ring (bicyclic) bond motifs is 1. The van der Waals surface area contributed by atoms with Crippen LogP contribution in [0.4, 0.5) is 0 Å². The van der Waals surface area contributed by atoms with Crippen molar-refractivity contribution in [1.29, 1.82) is 0 Å². The van der Waals surface area contributed by atoms with Crippen molar-refractivity contribution in [2.75, 3.05) is 0 Å². The van der Waals surface area contributed by atoms with E-state index in [-0.39, 0.29) is 16.5 Å². The molecule has 1 aromatic rings. The van der Waals surface area contributed by atoms with Gasteiger partial charge < -0.3 is 5.11 Å². The molecule has 5 heteroatoms. The van der Waals surface area contributed by atoms with Crippen molar-refractivity contribution in [3.8, 4) is 0 Å². The molecule has 1 aromatic carbocycles. The molecule has 2 rings (SSSR count). The van der Waals surface area contributed by atoms with Gasteiger partial charge in [0.2, 0.25) is 0 Å². The predicted octanol–water partition coefficient (Wildman–Crippen LogP) is 3.08. The molecule has 1 heterocycles. The van der Waals surface area contributed by atoms with Crippen LogP contribution in [0, 0.1) is 5.41 Å². The van der Waals surface area contributed by atoms with Crippen molar-refractivity contribution in [2.45, 2.75) is 53.0 Å². The van der Waals surface area contributed by atoms with Crippen molar-refractivity contribution in [3.05, 3.63) is 34.9 Å². The lowest BCUT2D eigenvalue weighted by Crippen LogP contribution is -2.51. The van der Waals surface area contributed by atoms with Gasteiger partial charge in [0.05, 0.1) is 11.1 Å². The zero-order chi connectivity index (χ0) is 17.7. The third kappa shape index (κ3) is 2.87. The first-order valence-corrected chi connectivity index (χ1v) is 7.61. The Bertz CT molecular complexity index is 692. The van der Waals surface area contributed by atoms with Gasteiger partial charge in [0.15, 0.2) is 0 Å². The number of benzene rings is 1. The Morgan fingerprint density at radius 2 is 1.52 bits per heavy atom. The van der Waals surface area contributed by atoms with Crippen LogP contribution in [-0.2, 0) is 10.2 Å². The van der Waals surface area contributed by atoms with Gasteiger partial charge in [-0.3, -0.25) is 14.5 Å². The maximum atomic E-state index is 12.7. The molecule has 0 fully saturated rings. The molecule has 5 nitrogen and oxygen atoms in total. The van der Waals surface area contributed by atoms with Gasteiger partial charge in [-0.05, 0) is 28.5 Å². The van der Waals surface area contributed by atoms with Crippen molar-refractivity contribution < 1.29 is 19.5 Å². The molecular formula is C18H23NO4. The minimum atomic E-state index is -1.20. The van der Waals surface area contributed by atoms with Crippen molar-refractivity contribution in [1.82, 2.24) is 4.90 Å². The van der Waals surface area contributed by atoms with Gasteiger partial charge in [-0.1, -0.05) is 47.6 Å². The van der Waals surface area contributed by atoms with Gasteiger partial charge in [0, 0.05) is 0 Å². The average molecular weight is 317 g/mol. The van der Waals surface area contributed by atoms with E-state index in [1.54, 1.807) is 32.9 Å². The van der Waals surface area contributed by atoms with Crippen molar-refractivity contribution in [3.63, 3.8) is 0 Å². The fourth-order valence-corrected chi connectivity index (χ4v) is 2.83. The summed E-state index contributed by atoms with van der Waals surface area (Å²) in [7, 11) is 0. The Morgan fingerprint density at radius 3 is 1.96 bits per heavy atom. The molecule has 0 saturated carbocycles. The molecule has 23 heavy (non-hydrogen) atoms. The highest BCUT2D eigenvalue weighted by molar-refractivity contribution is 6.22. The molecule has 1 aliphatic heterocycles. The zero-order valence-electron chi connectivity index (χ0n) is 14.4. The van der Waals surface area contributed by atoms with Crippen LogP contribution in [0.2, 0.25) is 0 Å². The monoisotopic (exact) mass is 317 g/mol. The fourth-order valence-electron chi connectivity index (χ4n) is 2.83. The number of hydrogen-bond donors (Lipinski definition) is 1. The Morgan fingerprint density at radius 1 is 1.00 bits per heavy atom. The Balaban J connectivity index is 2.55. The number of nitrogens with zero attached hydrogens (tertiary/aromatic N) is 1. The molecule has 0 bridgehead atoms. The van der Waals surface area contributed by atoms with Crippen molar-refractivity contribution >= 4 is 17.8 Å². The number of carboxylic acid groups (broad SMARTS) is 1. The average Bonchev–Trinajstić information content (AvgIpc) is 2.61. The number of aliphatic carboxylic acids is 1. The maximum absolute atomic E-state index is 12.7. The lowest BCUT2D eigenvalue weighted by Gasteiger charge is -2.33. The van der Waals surface area contributed by atoms with E-state index in [0.717, 1.165) is 10.5 Å². The van der Waals surface area contributed by atoms with Crippen LogP contribution in [0.15, 0.2) is 18.2 Å². The zero-order valence-corrected chi connectivity index (χ0v) is 14.4. The first kappa shape index (κ1) is 17.2. The number of rotatable bonds is 2. The summed E-state index contributed by atoms with van der Waals surface area (Å²) in [5, 5.41) is 9.52. The van der Waals surface area contributed by atoms with Gasteiger partial charge in [-0.15, -0.1) is 0 Å². The van der Waals surface area contributed by atoms with E-state index in [9.17, 15) is 19.5 Å². The topological polar surface area (TPSA) is 74.7 Å². The highest BCUT2D eigenvalue weighted by Gasteiger charge is 2.47. The normalized spacial score (nSPS) is 16.5. The van der Waals surface area contributed by atoms with Gasteiger partial charge in [0.25, 0.3) is 11.8 Å². The molecule has 0 aliphatic carbocycles. The fraction of sp³-hybridized carbons (Fsp3) is 0.500. The number of carbonyl (C=O) groups is 3. The highest BCUT2D eigenvalue weighted by atomic mass is 16.4. The quantitative estimate of drug-likeness (QED) is 0.851. The summed E-state index contributed by atoms with van der Waals surface area (Å²) in [4.78, 5) is 37.9. The third-order valence-corrected chi connectivity index (χ3v) is 4.10. The smallest absolute Gasteiger partial charge is 0.327 e. The summed E-state index contributed by atoms with van der Waals surface area (Å²) in [5.41, 5.74) is 0.576. The van der Waals surface area contributed by atoms with Gasteiger partial charge >= 0.3 is 5.97 Å². The summed E-state index contributed by atoms with van der Waals surface area (Å²) in [6, 6.07) is 3.95. The molecule has 2 amide bonds. The minimum absolute atomic E-state index is 0.165. The molecule has 1 aliphatic rings. The van der Waals surface area contributed by atoms with Crippen LogP contribution in [0.5, 0.6) is 0 Å². The van der Waals surface area contributed by atoms with E-state index in [0.29, 0.717) is 0 Å². The largest absolute Gasteiger partial charge is 0.480 e. The minimum Gasteiger partial charge on any atom is -0.480 e. The molecule has 1 N–H and O–H groups in total. The van der Waals surface area contributed by atoms with Crippen molar-refractivity contribution in [2.24, 2.45) is 5.41 Å². The van der Waals surface area contributed by atoms with E-state index in [1.807, 2.05) is 26.8 Å². The summed E-state index contributed by atoms with van der Waals surface area (Å²) in [5.74, 6) is -2.24. The number of imide groups is 1. The van der Waals surface area contributed by atoms with Gasteiger partial charge in [0.1, 0.15) is 6.04 Å². The molecule has 1 atom stereocenters. The van der Waals surface area contributed by atoms with E-state index < -0.39 is 29.2 Å². The Labute approximate surface area is 136 Å². The third-order valence-electron chi connectivity index (χ3n) is 4.10. The van der Waals surface area contributed by atoms with E-state index >= 15 is 0 Å². The maximum Gasteiger partial charge on any atom is 0.327 e. The Kier molecular flexibility index (Phi) is 3.87. The standard InChI is InChI=1S/C18H23NO4/c1-17(2,3)10-7-8-11-12(9-10)15(21)19(14(11)20)13(16(22)23)18(4,5)6/h7-9,13H,1-6H3,(H,22,23)/t13-/m1/s1. The number of hydrogen-bond acceptors (Lipinski definition) is 3. The first-order valence-electron chi connectivity index (χ1n) is 7.61. The molecule has 0 aromatic heterocycles. The Hall–Kier alpha value is -2.17. The number of carbonyl (C=O) groups excluding carboxylic acids is 2. The summed E-state index contributed by atoms with van der Waals surface area (Å²) in [6.45, 7) is 11.2. The molecule has 0 spiro atoms. The molecule has 0 radical (unpaired) electrons. The lowest BCUT2D eigenvalue weighted by molar-refractivity contribution is -0.145. The van der Waals surface area contributed by atoms with E-state index in [1.165, 1.54) is 0 Å². The van der Waals surface area contributed by atoms with E-state index in [4.69, 9.17) is 0 Å². The first-order chi connectivity index (χ1) is 10.4. The van der Waals surface area contributed by atoms with Gasteiger partial charge in [-0.2, -0.15) is 0 Å². The van der Waals surface area contributed by atoms with Crippen LogP contribution in [0.25, 0.3) is 0 Å².